The van der Waals surface area contributed by atoms with Gasteiger partial charge in [-0.3, -0.25) is 32.5 Å². The molecule has 0 rings (SSSR count). The third-order valence-electron chi connectivity index (χ3n) is 16.5. The van der Waals surface area contributed by atoms with Gasteiger partial charge in [0.25, 0.3) is 0 Å². The van der Waals surface area contributed by atoms with Crippen molar-refractivity contribution in [3.05, 3.63) is 60.8 Å². The van der Waals surface area contributed by atoms with Gasteiger partial charge in [0.15, 0.2) is 6.10 Å². The molecule has 17 nitrogen and oxygen atoms in total. The Kier molecular flexibility index (Phi) is 69.4. The lowest BCUT2D eigenvalue weighted by atomic mass is 10.0. The third-order valence-corrected chi connectivity index (χ3v) is 18.4. The summed E-state index contributed by atoms with van der Waals surface area (Å²) in [7, 11) is -9.83. The molecule has 5 atom stereocenters. The van der Waals surface area contributed by atoms with E-state index in [1.54, 1.807) is 0 Å². The van der Waals surface area contributed by atoms with E-state index in [4.69, 9.17) is 37.0 Å². The van der Waals surface area contributed by atoms with Crippen LogP contribution in [0.15, 0.2) is 60.8 Å². The number of hydrogen-bond donors (Lipinski definition) is 3. The summed E-state index contributed by atoms with van der Waals surface area (Å²) in [6, 6.07) is 0. The summed E-state index contributed by atoms with van der Waals surface area (Å²) in [5.74, 6) is -1.56. The first-order chi connectivity index (χ1) is 46.8. The maximum absolute atomic E-state index is 13.1. The first kappa shape index (κ1) is 92.9. The summed E-state index contributed by atoms with van der Waals surface area (Å²) in [6.07, 6.45) is 69.6. The molecule has 0 bridgehead atoms. The van der Waals surface area contributed by atoms with Crippen LogP contribution in [0.4, 0.5) is 0 Å². The molecule has 0 aliphatic carbocycles. The Hall–Kier alpha value is -3.08. The van der Waals surface area contributed by atoms with Crippen LogP contribution in [-0.4, -0.2) is 104 Å². The molecule has 0 spiro atoms. The minimum atomic E-state index is -4.94. The number of phosphoric ester groups is 2. The van der Waals surface area contributed by atoms with Gasteiger partial charge in [0, 0.05) is 32.3 Å². The molecule has 0 aromatic carbocycles. The summed E-state index contributed by atoms with van der Waals surface area (Å²) >= 11 is 0. The molecule has 0 saturated carbocycles. The van der Waals surface area contributed by atoms with Gasteiger partial charge in [0.1, 0.15) is 25.1 Å². The Balaban J connectivity index is 5.27. The van der Waals surface area contributed by atoms with Gasteiger partial charge in [0.05, 0.1) is 33.0 Å². The average Bonchev–Trinajstić information content (AvgIpc) is 3.22. The lowest BCUT2D eigenvalue weighted by Crippen LogP contribution is -2.30. The van der Waals surface area contributed by atoms with Gasteiger partial charge in [-0.05, 0) is 116 Å². The van der Waals surface area contributed by atoms with E-state index < -0.39 is 84.9 Å². The van der Waals surface area contributed by atoms with Gasteiger partial charge >= 0.3 is 33.6 Å². The summed E-state index contributed by atoms with van der Waals surface area (Å²) in [5, 5.41) is 10.6. The first-order valence-electron chi connectivity index (χ1n) is 38.5. The number of aldehydes is 1. The Morgan fingerprint density at radius 3 is 1.06 bits per heavy atom. The summed E-state index contributed by atoms with van der Waals surface area (Å²) in [5.41, 5.74) is 0. The number of allylic oxidation sites excluding steroid dienone is 10. The molecule has 0 heterocycles. The molecule has 0 aliphatic rings. The summed E-state index contributed by atoms with van der Waals surface area (Å²) < 4.78 is 69.1. The van der Waals surface area contributed by atoms with E-state index in [-0.39, 0.29) is 25.9 Å². The van der Waals surface area contributed by atoms with E-state index in [1.165, 1.54) is 96.3 Å². The highest BCUT2D eigenvalue weighted by molar-refractivity contribution is 7.47. The molecule has 0 aliphatic heterocycles. The second kappa shape index (κ2) is 71.7. The Labute approximate surface area is 584 Å². The van der Waals surface area contributed by atoms with E-state index in [9.17, 15) is 43.2 Å². The zero-order valence-corrected chi connectivity index (χ0v) is 62.6. The number of esters is 3. The average molecular weight is 1400 g/mol. The van der Waals surface area contributed by atoms with Gasteiger partial charge in [-0.1, -0.05) is 261 Å². The zero-order valence-electron chi connectivity index (χ0n) is 60.8. The predicted molar refractivity (Wildman–Crippen MR) is 391 cm³/mol. The quantitative estimate of drug-likeness (QED) is 0.00976. The highest BCUT2D eigenvalue weighted by Gasteiger charge is 2.30. The van der Waals surface area contributed by atoms with Crippen molar-refractivity contribution < 1.29 is 80.2 Å². The van der Waals surface area contributed by atoms with Crippen LogP contribution in [0.5, 0.6) is 0 Å². The molecule has 0 saturated heterocycles. The standard InChI is InChI=1S/C77H140O17P2/c1-4-7-10-13-16-19-22-25-27-32-36-41-46-51-56-61-75(80)88-69-74(94-77(82)63-58-53-48-42-37-31-24-21-18-15-12-9-6-3)71-92-96(85,86)90-67-72(79)66-89-95(83,84)91-70-73(68-87-65-60-55-50-45-40-35-30-29-34-39-44-49-54-59-64-78)93-76(81)62-57-52-47-43-38-33-28-26-23-20-17-14-11-8-5-2/h17,19-20,22,25-30,64,72-74,79H,4-16,18,21,23-24,31-63,65-71H2,1-3H3,(H,83,84)(H,85,86)/b20-17-,22-19-,27-25-,28-26-,30-29-/t72-,73-,74-/m1/s1. The molecular formula is C77H140O17P2. The number of rotatable bonds is 75. The maximum atomic E-state index is 13.1. The predicted octanol–water partition coefficient (Wildman–Crippen LogP) is 21.5. The summed E-state index contributed by atoms with van der Waals surface area (Å²) in [4.78, 5) is 70.5. The van der Waals surface area contributed by atoms with Gasteiger partial charge in [-0.2, -0.15) is 0 Å². The van der Waals surface area contributed by atoms with E-state index in [0.717, 1.165) is 186 Å². The molecule has 0 fully saturated rings. The van der Waals surface area contributed by atoms with E-state index >= 15 is 0 Å². The lowest BCUT2D eigenvalue weighted by molar-refractivity contribution is -0.161. The molecule has 560 valence electrons. The number of aliphatic hydroxyl groups excluding tert-OH is 1. The molecule has 3 N–H and O–H groups in total. The summed E-state index contributed by atoms with van der Waals surface area (Å²) in [6.45, 7) is 3.61. The molecule has 0 aromatic rings. The Bertz CT molecular complexity index is 2030. The monoisotopic (exact) mass is 1400 g/mol. The lowest BCUT2D eigenvalue weighted by Gasteiger charge is -2.21. The maximum Gasteiger partial charge on any atom is 0.472 e. The normalized spacial score (nSPS) is 14.3. The van der Waals surface area contributed by atoms with Gasteiger partial charge < -0.3 is 38.6 Å². The minimum Gasteiger partial charge on any atom is -0.462 e. The molecule has 19 heteroatoms. The van der Waals surface area contributed by atoms with Crippen molar-refractivity contribution in [1.29, 1.82) is 0 Å². The second-order valence-corrected chi connectivity index (χ2v) is 28.8. The van der Waals surface area contributed by atoms with Gasteiger partial charge in [0.2, 0.25) is 0 Å². The number of phosphoric acid groups is 2. The third kappa shape index (κ3) is 70.8. The fourth-order valence-corrected chi connectivity index (χ4v) is 12.2. The zero-order chi connectivity index (χ0) is 70.2. The fraction of sp³-hybridized carbons (Fsp3) is 0.818. The number of carbonyl (C=O) groups excluding carboxylic acids is 4. The molecular weight excluding hydrogens is 1260 g/mol. The second-order valence-electron chi connectivity index (χ2n) is 25.9. The number of unbranched alkanes of at least 4 members (excludes halogenated alkanes) is 39. The van der Waals surface area contributed by atoms with Crippen molar-refractivity contribution in [2.45, 2.75) is 360 Å². The van der Waals surface area contributed by atoms with Crippen LogP contribution in [-0.2, 0) is 65.4 Å². The van der Waals surface area contributed by atoms with E-state index in [0.29, 0.717) is 32.3 Å². The first-order valence-corrected chi connectivity index (χ1v) is 41.5. The van der Waals surface area contributed by atoms with Crippen LogP contribution < -0.4 is 0 Å². The van der Waals surface area contributed by atoms with Crippen molar-refractivity contribution >= 4 is 39.8 Å². The van der Waals surface area contributed by atoms with Crippen LogP contribution in [0.25, 0.3) is 0 Å². The van der Waals surface area contributed by atoms with Crippen molar-refractivity contribution in [2.24, 2.45) is 0 Å². The number of hydrogen-bond acceptors (Lipinski definition) is 15. The van der Waals surface area contributed by atoms with Crippen LogP contribution in [0.3, 0.4) is 0 Å². The van der Waals surface area contributed by atoms with Crippen molar-refractivity contribution in [2.75, 3.05) is 46.2 Å². The van der Waals surface area contributed by atoms with Crippen LogP contribution in [0.2, 0.25) is 0 Å². The SMILES string of the molecule is CCCCC/C=C\C/C=C\CCCCCCCC(=O)O[C@H](COCCCCCCC/C=C\CCCCCCC=O)COP(=O)(O)OC[C@@H](O)COP(=O)(O)OC[C@@H](COC(=O)CCCCCCC/C=C\C=C/CCCCCC)OC(=O)CCCCCCCCCCCCCCC. The highest BCUT2D eigenvalue weighted by atomic mass is 31.2. The van der Waals surface area contributed by atoms with Crippen molar-refractivity contribution in [3.8, 4) is 0 Å². The number of aliphatic hydroxyl groups is 1. The van der Waals surface area contributed by atoms with E-state index in [1.807, 2.05) is 0 Å². The topological polar surface area (TPSA) is 237 Å². The van der Waals surface area contributed by atoms with E-state index in [2.05, 4.69) is 81.5 Å². The van der Waals surface area contributed by atoms with Crippen LogP contribution in [0.1, 0.15) is 342 Å². The molecule has 0 aromatic heterocycles. The largest absolute Gasteiger partial charge is 0.472 e. The Morgan fingerprint density at radius 1 is 0.344 bits per heavy atom. The van der Waals surface area contributed by atoms with Gasteiger partial charge in [-0.15, -0.1) is 0 Å². The highest BCUT2D eigenvalue weighted by Crippen LogP contribution is 2.45. The number of carbonyl (C=O) groups is 4. The number of ether oxygens (including phenoxy) is 4. The van der Waals surface area contributed by atoms with Crippen LogP contribution in [0, 0.1) is 0 Å². The molecule has 96 heavy (non-hydrogen) atoms. The van der Waals surface area contributed by atoms with Crippen molar-refractivity contribution in [1.82, 2.24) is 0 Å². The van der Waals surface area contributed by atoms with Crippen LogP contribution >= 0.6 is 15.6 Å². The Morgan fingerprint density at radius 2 is 0.646 bits per heavy atom. The minimum absolute atomic E-state index is 0.0866. The fourth-order valence-electron chi connectivity index (χ4n) is 10.6. The molecule has 0 radical (unpaired) electrons. The smallest absolute Gasteiger partial charge is 0.462 e. The molecule has 2 unspecified atom stereocenters. The van der Waals surface area contributed by atoms with Gasteiger partial charge in [-0.25, -0.2) is 9.13 Å². The molecule has 0 amide bonds. The van der Waals surface area contributed by atoms with Crippen molar-refractivity contribution in [3.63, 3.8) is 0 Å².